The van der Waals surface area contributed by atoms with Crippen molar-refractivity contribution in [1.82, 2.24) is 4.57 Å². The van der Waals surface area contributed by atoms with Crippen LogP contribution in [0.25, 0.3) is 16.5 Å². The Bertz CT molecular complexity index is 895. The molecule has 2 aromatic rings. The van der Waals surface area contributed by atoms with Gasteiger partial charge in [-0.1, -0.05) is 6.92 Å². The molecule has 2 aliphatic rings. The van der Waals surface area contributed by atoms with E-state index in [9.17, 15) is 9.90 Å². The smallest absolute Gasteiger partial charge is 0.251 e. The third-order valence-corrected chi connectivity index (χ3v) is 4.69. The van der Waals surface area contributed by atoms with Gasteiger partial charge in [-0.05, 0) is 36.6 Å². The first-order chi connectivity index (χ1) is 10.5. The Morgan fingerprint density at radius 1 is 1.41 bits per heavy atom. The molecule has 4 rings (SSSR count). The number of hydrogen-bond donors (Lipinski definition) is 1. The van der Waals surface area contributed by atoms with E-state index in [1.54, 1.807) is 17.7 Å². The highest BCUT2D eigenvalue weighted by Gasteiger charge is 2.35. The van der Waals surface area contributed by atoms with Gasteiger partial charge in [-0.25, -0.2) is 0 Å². The second kappa shape index (κ2) is 4.36. The van der Waals surface area contributed by atoms with Crippen LogP contribution >= 0.6 is 0 Å². The summed E-state index contributed by atoms with van der Waals surface area (Å²) < 4.78 is 7.49. The minimum absolute atomic E-state index is 0.0501. The molecular weight excluding hydrogens is 280 g/mol. The number of aliphatic hydroxyl groups excluding tert-OH is 1. The maximum Gasteiger partial charge on any atom is 0.251 e. The molecule has 114 valence electrons. The van der Waals surface area contributed by atoms with Crippen molar-refractivity contribution in [3.8, 4) is 5.75 Å². The van der Waals surface area contributed by atoms with Crippen molar-refractivity contribution < 1.29 is 9.84 Å². The predicted octanol–water partition coefficient (Wildman–Crippen LogP) is 2.13. The minimum atomic E-state index is -0.678. The molecular formula is C17H18N2O3. The Hall–Kier alpha value is -2.27. The highest BCUT2D eigenvalue weighted by molar-refractivity contribution is 6.00. The second-order valence-corrected chi connectivity index (χ2v) is 5.92. The van der Waals surface area contributed by atoms with Crippen molar-refractivity contribution in [2.24, 2.45) is 7.05 Å². The molecule has 1 atom stereocenters. The van der Waals surface area contributed by atoms with Crippen LogP contribution < -0.4 is 15.2 Å². The van der Waals surface area contributed by atoms with E-state index < -0.39 is 6.23 Å². The summed E-state index contributed by atoms with van der Waals surface area (Å²) in [6.45, 7) is 4.33. The number of aryl methyl sites for hydroxylation is 2. The summed E-state index contributed by atoms with van der Waals surface area (Å²) in [5.41, 5.74) is 4.80. The number of aliphatic hydroxyl groups is 1. The lowest BCUT2D eigenvalue weighted by Crippen LogP contribution is -2.35. The van der Waals surface area contributed by atoms with Crippen LogP contribution in [0.1, 0.15) is 24.5 Å². The lowest BCUT2D eigenvalue weighted by molar-refractivity contribution is 0.195. The van der Waals surface area contributed by atoms with Gasteiger partial charge >= 0.3 is 0 Å². The average Bonchev–Trinajstić information content (AvgIpc) is 2.94. The zero-order valence-electron chi connectivity index (χ0n) is 12.9. The van der Waals surface area contributed by atoms with E-state index in [0.717, 1.165) is 39.7 Å². The zero-order valence-corrected chi connectivity index (χ0v) is 12.9. The number of hydrogen-bond acceptors (Lipinski definition) is 4. The van der Waals surface area contributed by atoms with Crippen molar-refractivity contribution in [3.63, 3.8) is 0 Å². The Morgan fingerprint density at radius 2 is 2.18 bits per heavy atom. The fourth-order valence-corrected chi connectivity index (χ4v) is 3.48. The monoisotopic (exact) mass is 298 g/mol. The number of rotatable bonds is 1. The van der Waals surface area contributed by atoms with E-state index in [0.29, 0.717) is 12.5 Å². The van der Waals surface area contributed by atoms with Crippen LogP contribution in [0.15, 0.2) is 23.0 Å². The van der Waals surface area contributed by atoms with Gasteiger partial charge in [-0.3, -0.25) is 4.79 Å². The Kier molecular flexibility index (Phi) is 2.66. The number of allylic oxidation sites excluding steroid dienone is 1. The molecule has 0 saturated carbocycles. The third kappa shape index (κ3) is 1.54. The quantitative estimate of drug-likeness (QED) is 0.876. The zero-order chi connectivity index (χ0) is 15.6. The first-order valence-corrected chi connectivity index (χ1v) is 7.48. The molecule has 0 amide bonds. The maximum atomic E-state index is 12.1. The molecule has 0 spiro atoms. The Balaban J connectivity index is 2.19. The molecule has 1 unspecified atom stereocenters. The minimum Gasteiger partial charge on any atom is -0.469 e. The fourth-order valence-electron chi connectivity index (χ4n) is 3.48. The molecule has 0 bridgehead atoms. The van der Waals surface area contributed by atoms with E-state index in [1.807, 2.05) is 17.9 Å². The van der Waals surface area contributed by atoms with Crippen LogP contribution in [0.5, 0.6) is 5.75 Å². The summed E-state index contributed by atoms with van der Waals surface area (Å²) in [4.78, 5) is 14.0. The number of pyridine rings is 1. The molecule has 2 aliphatic heterocycles. The molecule has 5 heteroatoms. The van der Waals surface area contributed by atoms with Gasteiger partial charge in [-0.2, -0.15) is 0 Å². The molecule has 5 nitrogen and oxygen atoms in total. The highest BCUT2D eigenvalue weighted by Crippen LogP contribution is 2.49. The third-order valence-electron chi connectivity index (χ3n) is 4.69. The van der Waals surface area contributed by atoms with Crippen LogP contribution in [-0.2, 0) is 7.05 Å². The predicted molar refractivity (Wildman–Crippen MR) is 86.2 cm³/mol. The van der Waals surface area contributed by atoms with Crippen LogP contribution in [0.2, 0.25) is 0 Å². The molecule has 0 aliphatic carbocycles. The Labute approximate surface area is 128 Å². The molecule has 3 heterocycles. The Morgan fingerprint density at radius 3 is 2.91 bits per heavy atom. The largest absolute Gasteiger partial charge is 0.469 e. The fraction of sp³-hybridized carbons (Fsp3) is 0.353. The number of nitrogens with zero attached hydrogens (tertiary/aromatic N) is 2. The van der Waals surface area contributed by atoms with E-state index in [4.69, 9.17) is 4.74 Å². The summed E-state index contributed by atoms with van der Waals surface area (Å²) >= 11 is 0. The lowest BCUT2D eigenvalue weighted by Gasteiger charge is -2.29. The number of fused-ring (bicyclic) bond motifs is 2. The van der Waals surface area contributed by atoms with Crippen molar-refractivity contribution >= 4 is 22.2 Å². The summed E-state index contributed by atoms with van der Waals surface area (Å²) in [5, 5.41) is 11.3. The normalized spacial score (nSPS) is 19.2. The number of aromatic nitrogens is 1. The van der Waals surface area contributed by atoms with E-state index in [1.165, 1.54) is 0 Å². The van der Waals surface area contributed by atoms with Gasteiger partial charge in [0.2, 0.25) is 0 Å². The van der Waals surface area contributed by atoms with Gasteiger partial charge in [0, 0.05) is 24.1 Å². The standard InChI is InChI=1S/C17H18N2O3/c1-4-10-6-14(21)19-8-22-17-15-11(7-12(10)16(17)19)9(2)5-13(20)18(15)3/h5-7,14,21H,4,8H2,1-3H3. The second-order valence-electron chi connectivity index (χ2n) is 5.92. The van der Waals surface area contributed by atoms with Gasteiger partial charge in [0.15, 0.2) is 12.5 Å². The topological polar surface area (TPSA) is 54.7 Å². The van der Waals surface area contributed by atoms with E-state index in [-0.39, 0.29) is 5.56 Å². The highest BCUT2D eigenvalue weighted by atomic mass is 16.5. The molecule has 1 aromatic heterocycles. The van der Waals surface area contributed by atoms with Gasteiger partial charge in [0.05, 0.1) is 11.2 Å². The van der Waals surface area contributed by atoms with Gasteiger partial charge < -0.3 is 19.3 Å². The van der Waals surface area contributed by atoms with E-state index >= 15 is 0 Å². The van der Waals surface area contributed by atoms with E-state index in [2.05, 4.69) is 13.0 Å². The van der Waals surface area contributed by atoms with Crippen LogP contribution in [0.3, 0.4) is 0 Å². The van der Waals surface area contributed by atoms with Gasteiger partial charge in [0.25, 0.3) is 5.56 Å². The first-order valence-electron chi connectivity index (χ1n) is 7.48. The molecule has 22 heavy (non-hydrogen) atoms. The first kappa shape index (κ1) is 13.4. The van der Waals surface area contributed by atoms with Crippen LogP contribution in [0, 0.1) is 6.92 Å². The maximum absolute atomic E-state index is 12.1. The number of anilines is 1. The number of benzene rings is 1. The number of ether oxygens (including phenoxy) is 1. The van der Waals surface area contributed by atoms with Crippen LogP contribution in [-0.4, -0.2) is 22.6 Å². The average molecular weight is 298 g/mol. The van der Waals surface area contributed by atoms with Crippen molar-refractivity contribution in [1.29, 1.82) is 0 Å². The molecule has 1 aromatic carbocycles. The van der Waals surface area contributed by atoms with Crippen molar-refractivity contribution in [2.45, 2.75) is 26.5 Å². The van der Waals surface area contributed by atoms with Gasteiger partial charge in [0.1, 0.15) is 6.23 Å². The molecule has 0 fully saturated rings. The van der Waals surface area contributed by atoms with Crippen molar-refractivity contribution in [3.05, 3.63) is 39.7 Å². The summed E-state index contributed by atoms with van der Waals surface area (Å²) in [6.07, 6.45) is 2.04. The molecule has 0 radical (unpaired) electrons. The van der Waals surface area contributed by atoms with Crippen molar-refractivity contribution in [2.75, 3.05) is 11.6 Å². The molecule has 0 saturated heterocycles. The SMILES string of the molecule is CCC1=CC(O)N2COc3c2c1cc1c(C)cc(=O)n(C)c31. The summed E-state index contributed by atoms with van der Waals surface area (Å²) in [5.74, 6) is 0.703. The summed E-state index contributed by atoms with van der Waals surface area (Å²) in [6, 6.07) is 3.77. The molecule has 1 N–H and O–H groups in total. The summed E-state index contributed by atoms with van der Waals surface area (Å²) in [7, 11) is 1.76. The van der Waals surface area contributed by atoms with Gasteiger partial charge in [-0.15, -0.1) is 0 Å². The lowest BCUT2D eigenvalue weighted by atomic mass is 9.93. The van der Waals surface area contributed by atoms with Crippen LogP contribution in [0.4, 0.5) is 5.69 Å².